The van der Waals surface area contributed by atoms with E-state index >= 15 is 0 Å². The standard InChI is InChI=1S/C11H16N2/c1-10(2)9-12-13(3)11-7-5-4-6-8-11/h4-10H,1-3H3. The molecular formula is C11H16N2. The summed E-state index contributed by atoms with van der Waals surface area (Å²) in [5.74, 6) is 0.492. The summed E-state index contributed by atoms with van der Waals surface area (Å²) in [6, 6.07) is 10.1. The van der Waals surface area contributed by atoms with E-state index < -0.39 is 0 Å². The normalized spacial score (nSPS) is 11.1. The summed E-state index contributed by atoms with van der Waals surface area (Å²) in [5, 5.41) is 6.18. The van der Waals surface area contributed by atoms with Gasteiger partial charge in [0.1, 0.15) is 0 Å². The zero-order valence-corrected chi connectivity index (χ0v) is 8.44. The van der Waals surface area contributed by atoms with Gasteiger partial charge in [-0.2, -0.15) is 5.10 Å². The second-order valence-corrected chi connectivity index (χ2v) is 3.37. The number of hydrazone groups is 1. The third kappa shape index (κ3) is 3.28. The first-order valence-electron chi connectivity index (χ1n) is 4.53. The van der Waals surface area contributed by atoms with Crippen LogP contribution in [0.25, 0.3) is 0 Å². The molecule has 0 bridgehead atoms. The minimum absolute atomic E-state index is 0.492. The molecule has 2 heteroatoms. The number of benzene rings is 1. The molecule has 0 amide bonds. The average molecular weight is 176 g/mol. The maximum absolute atomic E-state index is 4.30. The highest BCUT2D eigenvalue weighted by molar-refractivity contribution is 5.62. The van der Waals surface area contributed by atoms with Crippen LogP contribution in [-0.2, 0) is 0 Å². The van der Waals surface area contributed by atoms with Gasteiger partial charge in [-0.05, 0) is 18.1 Å². The predicted octanol–water partition coefficient (Wildman–Crippen LogP) is 2.76. The minimum atomic E-state index is 0.492. The molecule has 1 aromatic carbocycles. The van der Waals surface area contributed by atoms with E-state index in [9.17, 15) is 0 Å². The van der Waals surface area contributed by atoms with Crippen LogP contribution in [0.3, 0.4) is 0 Å². The van der Waals surface area contributed by atoms with Crippen molar-refractivity contribution >= 4 is 11.9 Å². The number of hydrogen-bond donors (Lipinski definition) is 0. The Morgan fingerprint density at radius 3 is 2.38 bits per heavy atom. The van der Waals surface area contributed by atoms with E-state index in [0.29, 0.717) is 5.92 Å². The Morgan fingerprint density at radius 1 is 1.23 bits per heavy atom. The fraction of sp³-hybridized carbons (Fsp3) is 0.364. The molecule has 70 valence electrons. The second-order valence-electron chi connectivity index (χ2n) is 3.37. The van der Waals surface area contributed by atoms with E-state index in [1.807, 2.05) is 48.6 Å². The first-order chi connectivity index (χ1) is 6.20. The number of anilines is 1. The fourth-order valence-corrected chi connectivity index (χ4v) is 0.944. The Kier molecular flexibility index (Phi) is 3.50. The molecule has 0 aliphatic heterocycles. The highest BCUT2D eigenvalue weighted by Gasteiger charge is 1.94. The lowest BCUT2D eigenvalue weighted by atomic mass is 10.3. The van der Waals surface area contributed by atoms with Crippen molar-refractivity contribution in [2.75, 3.05) is 12.1 Å². The maximum atomic E-state index is 4.30. The Hall–Kier alpha value is -1.31. The molecule has 0 aliphatic carbocycles. The smallest absolute Gasteiger partial charge is 0.0590 e. The zero-order chi connectivity index (χ0) is 9.68. The first kappa shape index (κ1) is 9.78. The molecule has 0 aliphatic rings. The summed E-state index contributed by atoms with van der Waals surface area (Å²) in [6.45, 7) is 4.23. The van der Waals surface area contributed by atoms with Gasteiger partial charge in [-0.15, -0.1) is 0 Å². The van der Waals surface area contributed by atoms with Crippen LogP contribution >= 0.6 is 0 Å². The van der Waals surface area contributed by atoms with Gasteiger partial charge in [-0.1, -0.05) is 32.0 Å². The van der Waals surface area contributed by atoms with Crippen molar-refractivity contribution in [2.24, 2.45) is 11.0 Å². The van der Waals surface area contributed by atoms with Gasteiger partial charge in [0.2, 0.25) is 0 Å². The van der Waals surface area contributed by atoms with Crippen molar-refractivity contribution in [1.82, 2.24) is 0 Å². The summed E-state index contributed by atoms with van der Waals surface area (Å²) >= 11 is 0. The molecule has 1 aromatic rings. The van der Waals surface area contributed by atoms with Crippen LogP contribution in [-0.4, -0.2) is 13.3 Å². The molecule has 0 heterocycles. The Morgan fingerprint density at radius 2 is 1.85 bits per heavy atom. The van der Waals surface area contributed by atoms with E-state index in [4.69, 9.17) is 0 Å². The topological polar surface area (TPSA) is 15.6 Å². The van der Waals surface area contributed by atoms with Gasteiger partial charge in [0.05, 0.1) is 5.69 Å². The minimum Gasteiger partial charge on any atom is -0.269 e. The van der Waals surface area contributed by atoms with Crippen LogP contribution in [0.1, 0.15) is 13.8 Å². The molecule has 0 unspecified atom stereocenters. The highest BCUT2D eigenvalue weighted by Crippen LogP contribution is 2.10. The molecule has 0 N–H and O–H groups in total. The lowest BCUT2D eigenvalue weighted by molar-refractivity contribution is 0.886. The van der Waals surface area contributed by atoms with Crippen LogP contribution in [0.2, 0.25) is 0 Å². The van der Waals surface area contributed by atoms with Gasteiger partial charge in [-0.25, -0.2) is 0 Å². The van der Waals surface area contributed by atoms with Crippen LogP contribution in [0.15, 0.2) is 35.4 Å². The zero-order valence-electron chi connectivity index (χ0n) is 8.44. The van der Waals surface area contributed by atoms with E-state index in [-0.39, 0.29) is 0 Å². The predicted molar refractivity (Wildman–Crippen MR) is 58.2 cm³/mol. The van der Waals surface area contributed by atoms with Crippen molar-refractivity contribution in [3.63, 3.8) is 0 Å². The van der Waals surface area contributed by atoms with E-state index in [0.717, 1.165) is 5.69 Å². The summed E-state index contributed by atoms with van der Waals surface area (Å²) in [7, 11) is 1.95. The van der Waals surface area contributed by atoms with Crippen molar-refractivity contribution in [3.8, 4) is 0 Å². The number of nitrogens with zero attached hydrogens (tertiary/aromatic N) is 2. The largest absolute Gasteiger partial charge is 0.269 e. The van der Waals surface area contributed by atoms with Crippen LogP contribution in [0.4, 0.5) is 5.69 Å². The molecule has 0 radical (unpaired) electrons. The lowest BCUT2D eigenvalue weighted by Gasteiger charge is -2.12. The molecular weight excluding hydrogens is 160 g/mol. The van der Waals surface area contributed by atoms with Crippen molar-refractivity contribution in [2.45, 2.75) is 13.8 Å². The maximum Gasteiger partial charge on any atom is 0.0590 e. The quantitative estimate of drug-likeness (QED) is 0.510. The van der Waals surface area contributed by atoms with E-state index in [1.54, 1.807) is 0 Å². The number of hydrogen-bond acceptors (Lipinski definition) is 2. The third-order valence-electron chi connectivity index (χ3n) is 1.67. The summed E-state index contributed by atoms with van der Waals surface area (Å²) in [6.07, 6.45) is 1.94. The van der Waals surface area contributed by atoms with Gasteiger partial charge >= 0.3 is 0 Å². The van der Waals surface area contributed by atoms with Crippen molar-refractivity contribution < 1.29 is 0 Å². The monoisotopic (exact) mass is 176 g/mol. The molecule has 1 rings (SSSR count). The molecule has 0 saturated heterocycles. The third-order valence-corrected chi connectivity index (χ3v) is 1.67. The van der Waals surface area contributed by atoms with Crippen molar-refractivity contribution in [1.29, 1.82) is 0 Å². The lowest BCUT2D eigenvalue weighted by Crippen LogP contribution is -2.09. The van der Waals surface area contributed by atoms with Crippen LogP contribution in [0, 0.1) is 5.92 Å². The van der Waals surface area contributed by atoms with Crippen LogP contribution in [0.5, 0.6) is 0 Å². The average Bonchev–Trinajstić information content (AvgIpc) is 2.15. The van der Waals surface area contributed by atoms with Gasteiger partial charge in [0.25, 0.3) is 0 Å². The van der Waals surface area contributed by atoms with Gasteiger partial charge in [0.15, 0.2) is 0 Å². The summed E-state index contributed by atoms with van der Waals surface area (Å²) in [4.78, 5) is 0. The molecule has 0 fully saturated rings. The summed E-state index contributed by atoms with van der Waals surface area (Å²) < 4.78 is 0. The van der Waals surface area contributed by atoms with Gasteiger partial charge in [0, 0.05) is 13.3 Å². The molecule has 0 saturated carbocycles. The van der Waals surface area contributed by atoms with Gasteiger partial charge in [-0.3, -0.25) is 5.01 Å². The Bertz CT molecular complexity index is 265. The molecule has 2 nitrogen and oxygen atoms in total. The second kappa shape index (κ2) is 4.65. The SMILES string of the molecule is CC(C)C=NN(C)c1ccccc1. The van der Waals surface area contributed by atoms with Gasteiger partial charge < -0.3 is 0 Å². The molecule has 0 aromatic heterocycles. The first-order valence-corrected chi connectivity index (χ1v) is 4.53. The van der Waals surface area contributed by atoms with E-state index in [2.05, 4.69) is 18.9 Å². The Balaban J connectivity index is 2.64. The molecule has 0 spiro atoms. The molecule has 13 heavy (non-hydrogen) atoms. The van der Waals surface area contributed by atoms with Crippen molar-refractivity contribution in [3.05, 3.63) is 30.3 Å². The number of rotatable bonds is 3. The highest BCUT2D eigenvalue weighted by atomic mass is 15.4. The Labute approximate surface area is 79.9 Å². The number of para-hydroxylation sites is 1. The summed E-state index contributed by atoms with van der Waals surface area (Å²) in [5.41, 5.74) is 1.11. The fourth-order valence-electron chi connectivity index (χ4n) is 0.944. The molecule has 0 atom stereocenters. The van der Waals surface area contributed by atoms with Crippen LogP contribution < -0.4 is 5.01 Å². The van der Waals surface area contributed by atoms with E-state index in [1.165, 1.54) is 0 Å².